The van der Waals surface area contributed by atoms with Crippen molar-refractivity contribution in [3.05, 3.63) is 130 Å². The van der Waals surface area contributed by atoms with Gasteiger partial charge in [0.25, 0.3) is 0 Å². The van der Waals surface area contributed by atoms with Crippen molar-refractivity contribution in [1.82, 2.24) is 0 Å². The van der Waals surface area contributed by atoms with E-state index in [1.165, 1.54) is 33.4 Å². The predicted molar refractivity (Wildman–Crippen MR) is 138 cm³/mol. The number of benzene rings is 4. The first-order chi connectivity index (χ1) is 16.5. The van der Waals surface area contributed by atoms with E-state index < -0.39 is 6.10 Å². The summed E-state index contributed by atoms with van der Waals surface area (Å²) >= 11 is 0. The second kappa shape index (κ2) is 11.5. The fraction of sp³-hybridized carbons (Fsp3) is 0.226. The lowest BCUT2D eigenvalue weighted by atomic mass is 10.0. The second-order valence-electron chi connectivity index (χ2n) is 8.89. The van der Waals surface area contributed by atoms with Crippen LogP contribution in [0.25, 0.3) is 0 Å². The minimum absolute atomic E-state index is 0.183. The van der Waals surface area contributed by atoms with Crippen LogP contribution in [-0.2, 0) is 12.8 Å². The number of ether oxygens (including phenoxy) is 2. The third kappa shape index (κ3) is 7.23. The molecular weight excluding hydrogens is 420 g/mol. The van der Waals surface area contributed by atoms with E-state index in [1.807, 2.05) is 24.3 Å². The van der Waals surface area contributed by atoms with Gasteiger partial charge in [-0.05, 0) is 73.2 Å². The zero-order valence-corrected chi connectivity index (χ0v) is 19.9. The molecule has 1 N–H and O–H groups in total. The molecule has 3 nitrogen and oxygen atoms in total. The number of hydrogen-bond donors (Lipinski definition) is 1. The van der Waals surface area contributed by atoms with Gasteiger partial charge in [-0.15, -0.1) is 0 Å². The Bertz CT molecular complexity index is 1050. The minimum atomic E-state index is -0.709. The molecule has 0 radical (unpaired) electrons. The first-order valence-corrected chi connectivity index (χ1v) is 11.8. The molecule has 4 rings (SSSR count). The molecule has 174 valence electrons. The molecular formula is C31H32O3. The van der Waals surface area contributed by atoms with Crippen molar-refractivity contribution < 1.29 is 14.6 Å². The summed E-state index contributed by atoms with van der Waals surface area (Å²) in [4.78, 5) is 0. The van der Waals surface area contributed by atoms with Crippen LogP contribution in [0.4, 0.5) is 0 Å². The Labute approximate surface area is 202 Å². The SMILES string of the molecule is Cc1ccc(Cc2ccc(OCC(O)COc3ccc(Cc4ccc(C)cc4)cc3)cc2)cc1. The van der Waals surface area contributed by atoms with Crippen molar-refractivity contribution in [2.45, 2.75) is 32.8 Å². The van der Waals surface area contributed by atoms with Crippen LogP contribution in [0.3, 0.4) is 0 Å². The zero-order chi connectivity index (χ0) is 23.8. The van der Waals surface area contributed by atoms with E-state index in [0.29, 0.717) is 0 Å². The molecule has 0 aliphatic heterocycles. The first kappa shape index (κ1) is 23.6. The van der Waals surface area contributed by atoms with Gasteiger partial charge in [-0.3, -0.25) is 0 Å². The van der Waals surface area contributed by atoms with Gasteiger partial charge in [0.1, 0.15) is 30.8 Å². The Morgan fingerprint density at radius 3 is 1.12 bits per heavy atom. The van der Waals surface area contributed by atoms with Gasteiger partial charge >= 0.3 is 0 Å². The minimum Gasteiger partial charge on any atom is -0.491 e. The third-order valence-corrected chi connectivity index (χ3v) is 5.79. The molecule has 0 heterocycles. The van der Waals surface area contributed by atoms with E-state index >= 15 is 0 Å². The summed E-state index contributed by atoms with van der Waals surface area (Å²) in [5.41, 5.74) is 7.57. The molecule has 0 atom stereocenters. The van der Waals surface area contributed by atoms with Crippen LogP contribution >= 0.6 is 0 Å². The normalized spacial score (nSPS) is 10.9. The zero-order valence-electron chi connectivity index (χ0n) is 19.9. The molecule has 0 bridgehead atoms. The Morgan fingerprint density at radius 1 is 0.500 bits per heavy atom. The third-order valence-electron chi connectivity index (χ3n) is 5.79. The molecule has 0 saturated heterocycles. The summed E-state index contributed by atoms with van der Waals surface area (Å²) in [7, 11) is 0. The summed E-state index contributed by atoms with van der Waals surface area (Å²) in [6.45, 7) is 4.56. The van der Waals surface area contributed by atoms with Crippen molar-refractivity contribution in [3.63, 3.8) is 0 Å². The van der Waals surface area contributed by atoms with E-state index in [-0.39, 0.29) is 13.2 Å². The Morgan fingerprint density at radius 2 is 0.794 bits per heavy atom. The maximum absolute atomic E-state index is 10.3. The molecule has 34 heavy (non-hydrogen) atoms. The molecule has 0 fully saturated rings. The quantitative estimate of drug-likeness (QED) is 0.307. The Hall–Kier alpha value is -3.56. The van der Waals surface area contributed by atoms with E-state index in [1.54, 1.807) is 0 Å². The standard InChI is InChI=1S/C31H32O3/c1-23-3-7-25(8-4-23)19-27-11-15-30(16-12-27)33-21-29(32)22-34-31-17-13-28(14-18-31)20-26-9-5-24(2)6-10-26/h3-18,29,32H,19-22H2,1-2H3. The molecule has 0 aliphatic rings. The molecule has 0 spiro atoms. The van der Waals surface area contributed by atoms with Crippen LogP contribution in [0, 0.1) is 13.8 Å². The van der Waals surface area contributed by atoms with Gasteiger partial charge in [-0.25, -0.2) is 0 Å². The highest BCUT2D eigenvalue weighted by atomic mass is 16.5. The monoisotopic (exact) mass is 452 g/mol. The van der Waals surface area contributed by atoms with Crippen LogP contribution in [-0.4, -0.2) is 24.4 Å². The second-order valence-corrected chi connectivity index (χ2v) is 8.89. The van der Waals surface area contributed by atoms with Gasteiger partial charge in [0, 0.05) is 0 Å². The lowest BCUT2D eigenvalue weighted by molar-refractivity contribution is 0.0626. The van der Waals surface area contributed by atoms with Gasteiger partial charge in [0.2, 0.25) is 0 Å². The average molecular weight is 453 g/mol. The van der Waals surface area contributed by atoms with Crippen molar-refractivity contribution in [2.75, 3.05) is 13.2 Å². The van der Waals surface area contributed by atoms with Crippen LogP contribution in [0.1, 0.15) is 33.4 Å². The van der Waals surface area contributed by atoms with Gasteiger partial charge < -0.3 is 14.6 Å². The maximum Gasteiger partial charge on any atom is 0.122 e. The molecule has 0 amide bonds. The van der Waals surface area contributed by atoms with E-state index in [9.17, 15) is 5.11 Å². The predicted octanol–water partition coefficient (Wildman–Crippen LogP) is 6.30. The van der Waals surface area contributed by atoms with Crippen molar-refractivity contribution >= 4 is 0 Å². The van der Waals surface area contributed by atoms with Crippen molar-refractivity contribution in [2.24, 2.45) is 0 Å². The van der Waals surface area contributed by atoms with Crippen LogP contribution in [0.5, 0.6) is 11.5 Å². The lowest BCUT2D eigenvalue weighted by Gasteiger charge is -2.14. The lowest BCUT2D eigenvalue weighted by Crippen LogP contribution is -2.25. The van der Waals surface area contributed by atoms with Crippen LogP contribution in [0.15, 0.2) is 97.1 Å². The number of aryl methyl sites for hydroxylation is 2. The van der Waals surface area contributed by atoms with E-state index in [2.05, 4.69) is 86.6 Å². The summed E-state index contributed by atoms with van der Waals surface area (Å²) in [5.74, 6) is 1.49. The van der Waals surface area contributed by atoms with Gasteiger partial charge in [-0.2, -0.15) is 0 Å². The highest BCUT2D eigenvalue weighted by molar-refractivity contribution is 5.33. The smallest absolute Gasteiger partial charge is 0.122 e. The molecule has 4 aromatic rings. The fourth-order valence-electron chi connectivity index (χ4n) is 3.72. The highest BCUT2D eigenvalue weighted by Crippen LogP contribution is 2.18. The Kier molecular flexibility index (Phi) is 8.00. The molecule has 0 unspecified atom stereocenters. The summed E-state index contributed by atoms with van der Waals surface area (Å²) in [5, 5.41) is 10.3. The fourth-order valence-corrected chi connectivity index (χ4v) is 3.72. The summed E-state index contributed by atoms with van der Waals surface area (Å²) in [6, 6.07) is 33.2. The molecule has 0 saturated carbocycles. The average Bonchev–Trinajstić information content (AvgIpc) is 2.86. The topological polar surface area (TPSA) is 38.7 Å². The van der Waals surface area contributed by atoms with Crippen LogP contribution in [0.2, 0.25) is 0 Å². The van der Waals surface area contributed by atoms with Gasteiger partial charge in [0.15, 0.2) is 0 Å². The number of rotatable bonds is 10. The number of hydrogen-bond acceptors (Lipinski definition) is 3. The molecule has 4 aromatic carbocycles. The van der Waals surface area contributed by atoms with Crippen molar-refractivity contribution in [1.29, 1.82) is 0 Å². The summed E-state index contributed by atoms with van der Waals surface area (Å²) < 4.78 is 11.5. The van der Waals surface area contributed by atoms with E-state index in [4.69, 9.17) is 9.47 Å². The number of aliphatic hydroxyl groups is 1. The molecule has 3 heteroatoms. The maximum atomic E-state index is 10.3. The first-order valence-electron chi connectivity index (χ1n) is 11.8. The largest absolute Gasteiger partial charge is 0.491 e. The highest BCUT2D eigenvalue weighted by Gasteiger charge is 2.08. The molecule has 0 aliphatic carbocycles. The van der Waals surface area contributed by atoms with Gasteiger partial charge in [-0.1, -0.05) is 83.9 Å². The van der Waals surface area contributed by atoms with Crippen molar-refractivity contribution in [3.8, 4) is 11.5 Å². The Balaban J connectivity index is 1.19. The van der Waals surface area contributed by atoms with E-state index in [0.717, 1.165) is 24.3 Å². The molecule has 0 aromatic heterocycles. The number of aliphatic hydroxyl groups excluding tert-OH is 1. The van der Waals surface area contributed by atoms with Gasteiger partial charge in [0.05, 0.1) is 0 Å². The summed E-state index contributed by atoms with van der Waals surface area (Å²) in [6.07, 6.45) is 1.07. The van der Waals surface area contributed by atoms with Crippen LogP contribution < -0.4 is 9.47 Å².